The van der Waals surface area contributed by atoms with E-state index in [4.69, 9.17) is 5.11 Å². The summed E-state index contributed by atoms with van der Waals surface area (Å²) in [5.74, 6) is 0.322. The Hall–Kier alpha value is 1.51. The van der Waals surface area contributed by atoms with Gasteiger partial charge in [0.1, 0.15) is 5.75 Å². The molecule has 2 radical (unpaired) electrons. The molecule has 0 bridgehead atoms. The van der Waals surface area contributed by atoms with Crippen molar-refractivity contribution < 1.29 is 32.4 Å². The van der Waals surface area contributed by atoms with Crippen LogP contribution in [0, 0.1) is 0 Å². The van der Waals surface area contributed by atoms with E-state index in [9.17, 15) is 0 Å². The van der Waals surface area contributed by atoms with Gasteiger partial charge in [-0.2, -0.15) is 0 Å². The van der Waals surface area contributed by atoms with Crippen LogP contribution in [0.15, 0.2) is 30.3 Å². The molecule has 0 atom stereocenters. The summed E-state index contributed by atoms with van der Waals surface area (Å²) in [6, 6.07) is 8.71. The van der Waals surface area contributed by atoms with Crippen LogP contribution >= 0.6 is 0 Å². The molecule has 0 spiro atoms. The van der Waals surface area contributed by atoms with Gasteiger partial charge in [0.2, 0.25) is 0 Å². The van der Waals surface area contributed by atoms with Gasteiger partial charge in [-0.3, -0.25) is 0 Å². The third-order valence-corrected chi connectivity index (χ3v) is 0.756. The number of phenolic OH excluding ortho intramolecular Hbond substituents is 1. The number of hydrogen-bond donors (Lipinski definition) is 1. The molecule has 0 saturated heterocycles. The maximum Gasteiger partial charge on any atom is 0.115 e. The van der Waals surface area contributed by atoms with Crippen molar-refractivity contribution in [2.75, 3.05) is 0 Å². The van der Waals surface area contributed by atoms with Crippen LogP contribution in [0.4, 0.5) is 0 Å². The molecule has 0 aliphatic rings. The fourth-order valence-corrected chi connectivity index (χ4v) is 0.428. The summed E-state index contributed by atoms with van der Waals surface area (Å²) in [7, 11) is 0. The molecule has 0 fully saturated rings. The first-order valence-electron chi connectivity index (χ1n) is 2.13. The Morgan fingerprint density at radius 1 is 1.00 bits per heavy atom. The summed E-state index contributed by atoms with van der Waals surface area (Å²) >= 11 is 0. The summed E-state index contributed by atoms with van der Waals surface area (Å²) in [5.41, 5.74) is 0. The second-order valence-electron chi connectivity index (χ2n) is 1.34. The minimum atomic E-state index is 0. The standard InChI is InChI=1S/C6H6O.Ba.Cd/c7-6-4-2-1-3-5-6;;/h1-5,7H;;. The van der Waals surface area contributed by atoms with Crippen molar-refractivity contribution >= 4 is 48.9 Å². The van der Waals surface area contributed by atoms with Gasteiger partial charge in [-0.1, -0.05) is 18.2 Å². The first kappa shape index (κ1) is 13.1. The van der Waals surface area contributed by atoms with Gasteiger partial charge >= 0.3 is 0 Å². The van der Waals surface area contributed by atoms with E-state index < -0.39 is 0 Å². The second-order valence-corrected chi connectivity index (χ2v) is 1.34. The van der Waals surface area contributed by atoms with Crippen LogP contribution in [0.2, 0.25) is 0 Å². The van der Waals surface area contributed by atoms with Gasteiger partial charge in [0.15, 0.2) is 0 Å². The smallest absolute Gasteiger partial charge is 0.115 e. The Balaban J connectivity index is 0. The normalized spacial score (nSPS) is 6.67. The molecule has 1 N–H and O–H groups in total. The van der Waals surface area contributed by atoms with Crippen LogP contribution in [-0.2, 0) is 27.3 Å². The number of phenols is 1. The summed E-state index contributed by atoms with van der Waals surface area (Å²) in [6.07, 6.45) is 0. The average molecular weight is 344 g/mol. The largest absolute Gasteiger partial charge is 0.508 e. The monoisotopic (exact) mass is 346 g/mol. The van der Waals surface area contributed by atoms with Gasteiger partial charge in [-0.25, -0.2) is 0 Å². The number of rotatable bonds is 0. The van der Waals surface area contributed by atoms with E-state index in [0.29, 0.717) is 5.75 Å². The molecule has 0 aliphatic heterocycles. The van der Waals surface area contributed by atoms with Gasteiger partial charge in [-0.05, 0) is 12.1 Å². The van der Waals surface area contributed by atoms with Crippen LogP contribution in [0.25, 0.3) is 0 Å². The molecule has 0 saturated carbocycles. The molecule has 1 aromatic rings. The van der Waals surface area contributed by atoms with E-state index in [0.717, 1.165) is 0 Å². The summed E-state index contributed by atoms with van der Waals surface area (Å²) in [5, 5.41) is 8.63. The van der Waals surface area contributed by atoms with Crippen molar-refractivity contribution in [1.29, 1.82) is 0 Å². The minimum Gasteiger partial charge on any atom is -0.508 e. The van der Waals surface area contributed by atoms with E-state index >= 15 is 0 Å². The van der Waals surface area contributed by atoms with Gasteiger partial charge < -0.3 is 5.11 Å². The fourth-order valence-electron chi connectivity index (χ4n) is 0.428. The summed E-state index contributed by atoms with van der Waals surface area (Å²) < 4.78 is 0. The van der Waals surface area contributed by atoms with Crippen molar-refractivity contribution in [2.45, 2.75) is 0 Å². The van der Waals surface area contributed by atoms with Crippen LogP contribution in [0.1, 0.15) is 0 Å². The summed E-state index contributed by atoms with van der Waals surface area (Å²) in [4.78, 5) is 0. The van der Waals surface area contributed by atoms with Crippen molar-refractivity contribution in [3.05, 3.63) is 30.3 Å². The zero-order chi connectivity index (χ0) is 5.11. The molecule has 1 rings (SSSR count). The quantitative estimate of drug-likeness (QED) is 0.697. The van der Waals surface area contributed by atoms with Gasteiger partial charge in [0, 0.05) is 76.2 Å². The molecule has 0 aromatic heterocycles. The SMILES string of the molecule is Oc1ccccc1.[Ba].[Cd]. The van der Waals surface area contributed by atoms with Crippen molar-refractivity contribution in [3.8, 4) is 5.75 Å². The van der Waals surface area contributed by atoms with E-state index in [-0.39, 0.29) is 76.2 Å². The Labute approximate surface area is 115 Å². The Bertz CT molecular complexity index is 143. The third-order valence-electron chi connectivity index (χ3n) is 0.756. The van der Waals surface area contributed by atoms with Gasteiger partial charge in [-0.15, -0.1) is 0 Å². The molecule has 1 aromatic carbocycles. The molecule has 40 valence electrons. The Morgan fingerprint density at radius 3 is 1.67 bits per heavy atom. The molecule has 9 heavy (non-hydrogen) atoms. The van der Waals surface area contributed by atoms with E-state index in [1.54, 1.807) is 24.3 Å². The van der Waals surface area contributed by atoms with Crippen molar-refractivity contribution in [1.82, 2.24) is 0 Å². The summed E-state index contributed by atoms with van der Waals surface area (Å²) in [6.45, 7) is 0. The molecular formula is C6H6BaCdO. The first-order valence-corrected chi connectivity index (χ1v) is 2.13. The fraction of sp³-hybridized carbons (Fsp3) is 0. The minimum absolute atomic E-state index is 0. The maximum absolute atomic E-state index is 8.63. The molecule has 0 aliphatic carbocycles. The number of aromatic hydroxyl groups is 1. The Kier molecular flexibility index (Phi) is 11.1. The molecule has 1 nitrogen and oxygen atoms in total. The predicted molar refractivity (Wildman–Crippen MR) is 33.9 cm³/mol. The van der Waals surface area contributed by atoms with Gasteiger partial charge in [0.25, 0.3) is 0 Å². The van der Waals surface area contributed by atoms with E-state index in [1.165, 1.54) is 0 Å². The molecule has 0 heterocycles. The number of benzene rings is 1. The molecular weight excluding hydrogens is 338 g/mol. The van der Waals surface area contributed by atoms with E-state index in [2.05, 4.69) is 0 Å². The molecule has 0 unspecified atom stereocenters. The number of hydrogen-bond acceptors (Lipinski definition) is 1. The van der Waals surface area contributed by atoms with Crippen molar-refractivity contribution in [3.63, 3.8) is 0 Å². The topological polar surface area (TPSA) is 20.2 Å². The first-order chi connectivity index (χ1) is 3.39. The zero-order valence-corrected chi connectivity index (χ0v) is 13.7. The zero-order valence-electron chi connectivity index (χ0n) is 5.25. The molecule has 3 heteroatoms. The van der Waals surface area contributed by atoms with E-state index in [1.807, 2.05) is 6.07 Å². The third kappa shape index (κ3) is 5.93. The second kappa shape index (κ2) is 7.62. The Morgan fingerprint density at radius 2 is 1.44 bits per heavy atom. The van der Waals surface area contributed by atoms with Crippen LogP contribution in [0.3, 0.4) is 0 Å². The maximum atomic E-state index is 8.63. The van der Waals surface area contributed by atoms with Crippen LogP contribution < -0.4 is 0 Å². The van der Waals surface area contributed by atoms with Crippen LogP contribution in [-0.4, -0.2) is 54.0 Å². The molecule has 0 amide bonds. The average Bonchev–Trinajstić information content (AvgIpc) is 1.69. The van der Waals surface area contributed by atoms with Crippen molar-refractivity contribution in [2.24, 2.45) is 0 Å². The predicted octanol–water partition coefficient (Wildman–Crippen LogP) is 1.01. The van der Waals surface area contributed by atoms with Crippen LogP contribution in [0.5, 0.6) is 5.75 Å². The number of para-hydroxylation sites is 1. The van der Waals surface area contributed by atoms with Gasteiger partial charge in [0.05, 0.1) is 0 Å².